The summed E-state index contributed by atoms with van der Waals surface area (Å²) in [6.07, 6.45) is 0. The molecule has 1 aromatic heterocycles. The molecule has 28 heavy (non-hydrogen) atoms. The average molecular weight is 471 g/mol. The third kappa shape index (κ3) is 4.89. The molecule has 148 valence electrons. The van der Waals surface area contributed by atoms with Crippen molar-refractivity contribution in [3.8, 4) is 5.75 Å². The minimum absolute atomic E-state index is 0.112. The van der Waals surface area contributed by atoms with Gasteiger partial charge in [-0.1, -0.05) is 45.9 Å². The molecule has 0 saturated carbocycles. The molecule has 0 unspecified atom stereocenters. The summed E-state index contributed by atoms with van der Waals surface area (Å²) in [4.78, 5) is 17.5. The zero-order chi connectivity index (χ0) is 20.1. The highest BCUT2D eigenvalue weighted by Gasteiger charge is 2.14. The van der Waals surface area contributed by atoms with Gasteiger partial charge in [0.15, 0.2) is 5.16 Å². The smallest absolute Gasteiger partial charge is 0.387 e. The zero-order valence-electron chi connectivity index (χ0n) is 14.9. The number of hydrogen-bond acceptors (Lipinski definition) is 5. The molecule has 0 spiro atoms. The Balaban J connectivity index is 1.96. The maximum Gasteiger partial charge on any atom is 0.387 e. The number of para-hydroxylation sites is 1. The van der Waals surface area contributed by atoms with Crippen molar-refractivity contribution in [3.05, 3.63) is 62.9 Å². The Kier molecular flexibility index (Phi) is 7.03. The second-order valence-corrected chi connectivity index (χ2v) is 7.64. The first-order valence-electron chi connectivity index (χ1n) is 8.34. The van der Waals surface area contributed by atoms with Crippen molar-refractivity contribution in [1.82, 2.24) is 9.55 Å². The lowest BCUT2D eigenvalue weighted by atomic mass is 10.2. The highest BCUT2D eigenvalue weighted by atomic mass is 79.9. The standard InChI is InChI=1S/C19H17BrF2N2O3S/c1-26-9-8-24-17(25)14-10-13(20)6-7-15(14)23-19(24)28-11-12-4-2-3-5-16(12)27-18(21)22/h2-7,10,18H,8-9,11H2,1H3. The largest absolute Gasteiger partial charge is 0.435 e. The molecule has 0 atom stereocenters. The van der Waals surface area contributed by atoms with E-state index in [0.717, 1.165) is 4.47 Å². The fourth-order valence-electron chi connectivity index (χ4n) is 2.64. The summed E-state index contributed by atoms with van der Waals surface area (Å²) in [5, 5.41) is 0.986. The van der Waals surface area contributed by atoms with Crippen molar-refractivity contribution >= 4 is 38.6 Å². The van der Waals surface area contributed by atoms with E-state index in [4.69, 9.17) is 4.74 Å². The maximum atomic E-state index is 12.9. The predicted molar refractivity (Wildman–Crippen MR) is 108 cm³/mol. The van der Waals surface area contributed by atoms with Crippen LogP contribution in [0.25, 0.3) is 10.9 Å². The van der Waals surface area contributed by atoms with E-state index in [2.05, 4.69) is 25.7 Å². The van der Waals surface area contributed by atoms with Crippen LogP contribution in [0.3, 0.4) is 0 Å². The summed E-state index contributed by atoms with van der Waals surface area (Å²) in [6, 6.07) is 11.9. The zero-order valence-corrected chi connectivity index (χ0v) is 17.3. The Morgan fingerprint density at radius 3 is 2.79 bits per heavy atom. The van der Waals surface area contributed by atoms with Crippen LogP contribution in [0.2, 0.25) is 0 Å². The quantitative estimate of drug-likeness (QED) is 0.352. The first-order valence-corrected chi connectivity index (χ1v) is 10.1. The van der Waals surface area contributed by atoms with E-state index in [-0.39, 0.29) is 11.3 Å². The molecule has 0 radical (unpaired) electrons. The molecule has 0 bridgehead atoms. The van der Waals surface area contributed by atoms with Crippen molar-refractivity contribution in [1.29, 1.82) is 0 Å². The van der Waals surface area contributed by atoms with E-state index < -0.39 is 6.61 Å². The number of halogens is 3. The third-order valence-corrected chi connectivity index (χ3v) is 5.46. The van der Waals surface area contributed by atoms with E-state index in [1.165, 1.54) is 17.8 Å². The lowest BCUT2D eigenvalue weighted by Gasteiger charge is -2.14. The molecule has 0 amide bonds. The second kappa shape index (κ2) is 9.49. The Morgan fingerprint density at radius 1 is 1.25 bits per heavy atom. The topological polar surface area (TPSA) is 53.4 Å². The van der Waals surface area contributed by atoms with Gasteiger partial charge < -0.3 is 9.47 Å². The van der Waals surface area contributed by atoms with Gasteiger partial charge in [0.05, 0.1) is 24.1 Å². The minimum atomic E-state index is -2.90. The van der Waals surface area contributed by atoms with Crippen LogP contribution < -0.4 is 10.3 Å². The molecule has 0 aliphatic rings. The molecule has 0 N–H and O–H groups in total. The first-order chi connectivity index (χ1) is 13.5. The predicted octanol–water partition coefficient (Wildman–Crippen LogP) is 4.70. The Morgan fingerprint density at radius 2 is 2.04 bits per heavy atom. The van der Waals surface area contributed by atoms with Crippen LogP contribution in [0.15, 0.2) is 56.9 Å². The van der Waals surface area contributed by atoms with Gasteiger partial charge in [0, 0.05) is 22.9 Å². The normalized spacial score (nSPS) is 11.3. The monoisotopic (exact) mass is 470 g/mol. The molecule has 0 saturated heterocycles. The number of fused-ring (bicyclic) bond motifs is 1. The number of benzene rings is 2. The second-order valence-electron chi connectivity index (χ2n) is 5.78. The number of nitrogens with zero attached hydrogens (tertiary/aromatic N) is 2. The molecule has 5 nitrogen and oxygen atoms in total. The van der Waals surface area contributed by atoms with Gasteiger partial charge in [0.1, 0.15) is 5.75 Å². The molecule has 0 fully saturated rings. The summed E-state index contributed by atoms with van der Waals surface area (Å²) >= 11 is 4.65. The SMILES string of the molecule is COCCn1c(SCc2ccccc2OC(F)F)nc2ccc(Br)cc2c1=O. The molecular weight excluding hydrogens is 454 g/mol. The van der Waals surface area contributed by atoms with E-state index in [9.17, 15) is 13.6 Å². The van der Waals surface area contributed by atoms with Crippen molar-refractivity contribution in [2.75, 3.05) is 13.7 Å². The lowest BCUT2D eigenvalue weighted by Crippen LogP contribution is -2.25. The van der Waals surface area contributed by atoms with E-state index in [1.807, 2.05) is 6.07 Å². The van der Waals surface area contributed by atoms with Gasteiger partial charge in [-0.3, -0.25) is 9.36 Å². The van der Waals surface area contributed by atoms with Crippen molar-refractivity contribution in [2.45, 2.75) is 24.1 Å². The van der Waals surface area contributed by atoms with Crippen molar-refractivity contribution in [3.63, 3.8) is 0 Å². The third-order valence-electron chi connectivity index (χ3n) is 3.95. The Bertz CT molecular complexity index is 1030. The van der Waals surface area contributed by atoms with Gasteiger partial charge in [-0.15, -0.1) is 0 Å². The molecule has 0 aliphatic heterocycles. The average Bonchev–Trinajstić information content (AvgIpc) is 2.67. The molecule has 2 aromatic carbocycles. The lowest BCUT2D eigenvalue weighted by molar-refractivity contribution is -0.0503. The highest BCUT2D eigenvalue weighted by Crippen LogP contribution is 2.28. The van der Waals surface area contributed by atoms with Gasteiger partial charge >= 0.3 is 6.61 Å². The highest BCUT2D eigenvalue weighted by molar-refractivity contribution is 9.10. The fraction of sp³-hybridized carbons (Fsp3) is 0.263. The Labute approximate surface area is 172 Å². The van der Waals surface area contributed by atoms with Crippen LogP contribution in [0.5, 0.6) is 5.75 Å². The van der Waals surface area contributed by atoms with E-state index in [1.54, 1.807) is 42.0 Å². The molecule has 9 heteroatoms. The Hall–Kier alpha value is -1.97. The van der Waals surface area contributed by atoms with Crippen molar-refractivity contribution < 1.29 is 18.3 Å². The summed E-state index contributed by atoms with van der Waals surface area (Å²) < 4.78 is 37.3. The fourth-order valence-corrected chi connectivity index (χ4v) is 4.02. The van der Waals surface area contributed by atoms with Crippen molar-refractivity contribution in [2.24, 2.45) is 0 Å². The van der Waals surface area contributed by atoms with Crippen LogP contribution in [0.1, 0.15) is 5.56 Å². The molecular formula is C19H17BrF2N2O3S. The molecule has 3 aromatic rings. The van der Waals surface area contributed by atoms with Crippen LogP contribution in [-0.2, 0) is 17.0 Å². The molecule has 3 rings (SSSR count). The van der Waals surface area contributed by atoms with Gasteiger partial charge in [-0.25, -0.2) is 4.98 Å². The number of rotatable bonds is 8. The summed E-state index contributed by atoms with van der Waals surface area (Å²) in [5.74, 6) is 0.435. The van der Waals surface area contributed by atoms with Crippen LogP contribution in [-0.4, -0.2) is 29.9 Å². The minimum Gasteiger partial charge on any atom is -0.435 e. The summed E-state index contributed by atoms with van der Waals surface area (Å²) in [7, 11) is 1.56. The van der Waals surface area contributed by atoms with Gasteiger partial charge in [-0.2, -0.15) is 8.78 Å². The van der Waals surface area contributed by atoms with Crippen LogP contribution in [0, 0.1) is 0 Å². The van der Waals surface area contributed by atoms with E-state index in [0.29, 0.717) is 40.5 Å². The molecule has 1 heterocycles. The number of aromatic nitrogens is 2. The van der Waals surface area contributed by atoms with Crippen LogP contribution in [0.4, 0.5) is 8.78 Å². The molecule has 0 aliphatic carbocycles. The van der Waals surface area contributed by atoms with Gasteiger partial charge in [-0.05, 0) is 24.3 Å². The summed E-state index contributed by atoms with van der Waals surface area (Å²) in [6.45, 7) is -2.22. The van der Waals surface area contributed by atoms with E-state index >= 15 is 0 Å². The van der Waals surface area contributed by atoms with Gasteiger partial charge in [0.2, 0.25) is 0 Å². The number of hydrogen-bond donors (Lipinski definition) is 0. The number of thioether (sulfide) groups is 1. The van der Waals surface area contributed by atoms with Crippen LogP contribution >= 0.6 is 27.7 Å². The summed E-state index contributed by atoms with van der Waals surface area (Å²) in [5.41, 5.74) is 0.987. The first kappa shape index (κ1) is 20.8. The maximum absolute atomic E-state index is 12.9. The number of ether oxygens (including phenoxy) is 2. The van der Waals surface area contributed by atoms with Gasteiger partial charge in [0.25, 0.3) is 5.56 Å². The number of methoxy groups -OCH3 is 1. The number of alkyl halides is 2.